The molecular formula is C18H21Br. The molecule has 0 atom stereocenters. The average molecular weight is 317 g/mol. The third-order valence-corrected chi connectivity index (χ3v) is 4.25. The van der Waals surface area contributed by atoms with Crippen LogP contribution in [0.1, 0.15) is 39.2 Å². The molecule has 0 radical (unpaired) electrons. The van der Waals surface area contributed by atoms with Crippen molar-refractivity contribution in [1.82, 2.24) is 0 Å². The minimum absolute atomic E-state index is 0.271. The monoisotopic (exact) mass is 316 g/mol. The van der Waals surface area contributed by atoms with E-state index in [4.69, 9.17) is 0 Å². The molecule has 0 bridgehead atoms. The maximum atomic E-state index is 3.47. The van der Waals surface area contributed by atoms with Crippen LogP contribution in [0.25, 0.3) is 11.1 Å². The van der Waals surface area contributed by atoms with E-state index in [1.165, 1.54) is 29.5 Å². The van der Waals surface area contributed by atoms with Crippen molar-refractivity contribution in [3.05, 3.63) is 58.6 Å². The van der Waals surface area contributed by atoms with Crippen LogP contribution in [-0.4, -0.2) is 0 Å². The molecule has 2 aromatic carbocycles. The molecular weight excluding hydrogens is 296 g/mol. The highest BCUT2D eigenvalue weighted by Crippen LogP contribution is 2.30. The van der Waals surface area contributed by atoms with Crippen LogP contribution in [0.3, 0.4) is 0 Å². The van der Waals surface area contributed by atoms with Crippen LogP contribution in [0.15, 0.2) is 53.0 Å². The number of benzene rings is 2. The first-order chi connectivity index (χ1) is 9.03. The lowest BCUT2D eigenvalue weighted by Gasteiger charge is -2.24. The first kappa shape index (κ1) is 14.3. The summed E-state index contributed by atoms with van der Waals surface area (Å²) in [4.78, 5) is 0. The van der Waals surface area contributed by atoms with Gasteiger partial charge in [0.2, 0.25) is 0 Å². The summed E-state index contributed by atoms with van der Waals surface area (Å²) in [6.45, 7) is 6.90. The summed E-state index contributed by atoms with van der Waals surface area (Å²) in [5.74, 6) is 0. The molecule has 0 aliphatic heterocycles. The first-order valence-electron chi connectivity index (χ1n) is 6.89. The number of hydrogen-bond acceptors (Lipinski definition) is 0. The van der Waals surface area contributed by atoms with E-state index in [-0.39, 0.29) is 5.41 Å². The summed E-state index contributed by atoms with van der Waals surface area (Å²) in [6, 6.07) is 17.5. The van der Waals surface area contributed by atoms with Crippen molar-refractivity contribution in [3.8, 4) is 11.1 Å². The number of halogens is 1. The molecule has 0 aliphatic carbocycles. The van der Waals surface area contributed by atoms with Gasteiger partial charge in [0, 0.05) is 4.47 Å². The maximum Gasteiger partial charge on any atom is 0.0175 e. The van der Waals surface area contributed by atoms with Crippen LogP contribution < -0.4 is 0 Å². The molecule has 2 rings (SSSR count). The fourth-order valence-corrected chi connectivity index (χ4v) is 2.79. The summed E-state index contributed by atoms with van der Waals surface area (Å²) in [6.07, 6.45) is 2.45. The van der Waals surface area contributed by atoms with Crippen LogP contribution in [0.4, 0.5) is 0 Å². The van der Waals surface area contributed by atoms with Gasteiger partial charge < -0.3 is 0 Å². The molecule has 0 unspecified atom stereocenters. The largest absolute Gasteiger partial charge is 0.0654 e. The topological polar surface area (TPSA) is 0 Å². The Morgan fingerprint density at radius 2 is 1.32 bits per heavy atom. The Morgan fingerprint density at radius 1 is 0.842 bits per heavy atom. The molecule has 0 heterocycles. The average Bonchev–Trinajstić information content (AvgIpc) is 2.40. The summed E-state index contributed by atoms with van der Waals surface area (Å²) in [5, 5.41) is 0. The lowest BCUT2D eigenvalue weighted by molar-refractivity contribution is 0.473. The molecule has 0 aromatic heterocycles. The van der Waals surface area contributed by atoms with E-state index in [1.807, 2.05) is 0 Å². The van der Waals surface area contributed by atoms with Crippen molar-refractivity contribution < 1.29 is 0 Å². The highest BCUT2D eigenvalue weighted by atomic mass is 79.9. The van der Waals surface area contributed by atoms with Crippen molar-refractivity contribution in [1.29, 1.82) is 0 Å². The molecule has 0 nitrogen and oxygen atoms in total. The molecule has 1 heteroatoms. The highest BCUT2D eigenvalue weighted by molar-refractivity contribution is 9.10. The zero-order chi connectivity index (χ0) is 13.9. The Balaban J connectivity index is 2.25. The second-order valence-electron chi connectivity index (χ2n) is 5.72. The Hall–Kier alpha value is -1.08. The number of hydrogen-bond donors (Lipinski definition) is 0. The van der Waals surface area contributed by atoms with Gasteiger partial charge in [0.25, 0.3) is 0 Å². The van der Waals surface area contributed by atoms with E-state index in [0.29, 0.717) is 0 Å². The Labute approximate surface area is 125 Å². The van der Waals surface area contributed by atoms with E-state index in [0.717, 1.165) is 4.47 Å². The second-order valence-corrected chi connectivity index (χ2v) is 6.63. The fourth-order valence-electron chi connectivity index (χ4n) is 2.53. The first-order valence-corrected chi connectivity index (χ1v) is 7.69. The van der Waals surface area contributed by atoms with Crippen LogP contribution in [0.2, 0.25) is 0 Å². The predicted octanol–water partition coefficient (Wildman–Crippen LogP) is 6.19. The quantitative estimate of drug-likeness (QED) is 0.630. The molecule has 0 saturated heterocycles. The third kappa shape index (κ3) is 3.48. The van der Waals surface area contributed by atoms with Crippen LogP contribution >= 0.6 is 15.9 Å². The molecule has 0 saturated carbocycles. The fraction of sp³-hybridized carbons (Fsp3) is 0.333. The molecule has 100 valence electrons. The van der Waals surface area contributed by atoms with Gasteiger partial charge in [-0.15, -0.1) is 0 Å². The molecule has 0 aliphatic rings. The van der Waals surface area contributed by atoms with E-state index in [1.54, 1.807) is 0 Å². The van der Waals surface area contributed by atoms with Gasteiger partial charge in [-0.2, -0.15) is 0 Å². The van der Waals surface area contributed by atoms with Gasteiger partial charge in [0.15, 0.2) is 0 Å². The van der Waals surface area contributed by atoms with Crippen molar-refractivity contribution in [2.24, 2.45) is 0 Å². The second kappa shape index (κ2) is 5.92. The van der Waals surface area contributed by atoms with Crippen LogP contribution in [0.5, 0.6) is 0 Å². The molecule has 0 amide bonds. The standard InChI is InChI=1S/C18H21Br/c1-4-13-18(2,3)16-9-5-14(6-10-16)15-7-11-17(19)12-8-15/h5-12H,4,13H2,1-3H3. The number of rotatable bonds is 4. The maximum absolute atomic E-state index is 3.47. The summed E-state index contributed by atoms with van der Waals surface area (Å²) >= 11 is 3.47. The lowest BCUT2D eigenvalue weighted by atomic mass is 9.80. The normalized spacial score (nSPS) is 11.6. The van der Waals surface area contributed by atoms with Crippen molar-refractivity contribution in [2.75, 3.05) is 0 Å². The zero-order valence-electron chi connectivity index (χ0n) is 11.9. The van der Waals surface area contributed by atoms with Crippen LogP contribution in [-0.2, 0) is 5.41 Å². The minimum Gasteiger partial charge on any atom is -0.0654 e. The zero-order valence-corrected chi connectivity index (χ0v) is 13.5. The smallest absolute Gasteiger partial charge is 0.0175 e. The molecule has 0 N–H and O–H groups in total. The molecule has 19 heavy (non-hydrogen) atoms. The van der Waals surface area contributed by atoms with Crippen LogP contribution in [0, 0.1) is 0 Å². The van der Waals surface area contributed by atoms with E-state index >= 15 is 0 Å². The van der Waals surface area contributed by atoms with Gasteiger partial charge in [-0.05, 0) is 40.7 Å². The van der Waals surface area contributed by atoms with E-state index in [2.05, 4.69) is 85.2 Å². The van der Waals surface area contributed by atoms with E-state index < -0.39 is 0 Å². The highest BCUT2D eigenvalue weighted by Gasteiger charge is 2.18. The van der Waals surface area contributed by atoms with Gasteiger partial charge in [-0.3, -0.25) is 0 Å². The Kier molecular flexibility index (Phi) is 4.46. The van der Waals surface area contributed by atoms with Gasteiger partial charge in [0.05, 0.1) is 0 Å². The summed E-state index contributed by atoms with van der Waals surface area (Å²) in [5.41, 5.74) is 4.24. The molecule has 0 spiro atoms. The minimum atomic E-state index is 0.271. The summed E-state index contributed by atoms with van der Waals surface area (Å²) < 4.78 is 1.12. The van der Waals surface area contributed by atoms with Gasteiger partial charge in [-0.1, -0.05) is 79.5 Å². The van der Waals surface area contributed by atoms with E-state index in [9.17, 15) is 0 Å². The Morgan fingerprint density at radius 3 is 1.79 bits per heavy atom. The lowest BCUT2D eigenvalue weighted by Crippen LogP contribution is -2.16. The third-order valence-electron chi connectivity index (χ3n) is 3.72. The van der Waals surface area contributed by atoms with Gasteiger partial charge in [0.1, 0.15) is 0 Å². The Bertz CT molecular complexity index is 521. The van der Waals surface area contributed by atoms with Crippen molar-refractivity contribution >= 4 is 15.9 Å². The van der Waals surface area contributed by atoms with Crippen molar-refractivity contribution in [2.45, 2.75) is 39.0 Å². The SMILES string of the molecule is CCCC(C)(C)c1ccc(-c2ccc(Br)cc2)cc1. The van der Waals surface area contributed by atoms with Crippen molar-refractivity contribution in [3.63, 3.8) is 0 Å². The van der Waals surface area contributed by atoms with Gasteiger partial charge >= 0.3 is 0 Å². The summed E-state index contributed by atoms with van der Waals surface area (Å²) in [7, 11) is 0. The van der Waals surface area contributed by atoms with Gasteiger partial charge in [-0.25, -0.2) is 0 Å². The predicted molar refractivity (Wildman–Crippen MR) is 87.5 cm³/mol. The molecule has 0 fully saturated rings. The molecule has 2 aromatic rings.